The summed E-state index contributed by atoms with van der Waals surface area (Å²) in [6, 6.07) is 4.30. The molecule has 3 heterocycles. The first kappa shape index (κ1) is 24.7. The number of likely N-dealkylation sites (tertiary alicyclic amines) is 2. The average Bonchev–Trinajstić information content (AvgIpc) is 3.64. The fourth-order valence-electron chi connectivity index (χ4n) is 9.17. The predicted molar refractivity (Wildman–Crippen MR) is 141 cm³/mol. The molecule has 5 atom stereocenters. The first-order valence-corrected chi connectivity index (χ1v) is 14.8. The third-order valence-corrected chi connectivity index (χ3v) is 10.8. The number of piperidine rings is 2. The van der Waals surface area contributed by atoms with Crippen LogP contribution in [0.3, 0.4) is 0 Å². The number of hydrogen-bond donors (Lipinski definition) is 2. The molecular weight excluding hydrogens is 482 g/mol. The number of amides is 1. The van der Waals surface area contributed by atoms with Crippen LogP contribution in [-0.4, -0.2) is 83.3 Å². The summed E-state index contributed by atoms with van der Waals surface area (Å²) in [7, 11) is 0. The molecule has 8 nitrogen and oxygen atoms in total. The van der Waals surface area contributed by atoms with Crippen LogP contribution in [0.5, 0.6) is 11.5 Å². The molecule has 8 heteroatoms. The molecule has 1 aromatic rings. The Hall–Kier alpha value is -2.32. The lowest BCUT2D eigenvalue weighted by Gasteiger charge is -2.67. The van der Waals surface area contributed by atoms with Crippen LogP contribution in [0.1, 0.15) is 69.9 Å². The molecule has 2 saturated heterocycles. The molecule has 3 aliphatic heterocycles. The van der Waals surface area contributed by atoms with E-state index in [1.807, 2.05) is 6.92 Å². The number of rotatable bonds is 6. The van der Waals surface area contributed by atoms with Gasteiger partial charge in [0.05, 0.1) is 23.5 Å². The number of phenolic OH excluding ortho intramolecular Hbond substituents is 1. The number of esters is 1. The van der Waals surface area contributed by atoms with Crippen molar-refractivity contribution in [3.05, 3.63) is 23.3 Å². The summed E-state index contributed by atoms with van der Waals surface area (Å²) in [6.07, 6.45) is 7.69. The lowest BCUT2D eigenvalue weighted by molar-refractivity contribution is -0.151. The van der Waals surface area contributed by atoms with Crippen LogP contribution in [0.15, 0.2) is 12.1 Å². The van der Waals surface area contributed by atoms with Crippen LogP contribution in [0, 0.1) is 11.8 Å². The fraction of sp³-hybridized carbons (Fsp3) is 0.733. The van der Waals surface area contributed by atoms with Crippen molar-refractivity contribution >= 4 is 11.9 Å². The number of ether oxygens (including phenoxy) is 2. The van der Waals surface area contributed by atoms with Crippen LogP contribution < -0.4 is 10.1 Å². The van der Waals surface area contributed by atoms with E-state index in [9.17, 15) is 14.7 Å². The molecular formula is C30H41N3O5. The van der Waals surface area contributed by atoms with E-state index in [0.717, 1.165) is 76.2 Å². The number of nitrogens with one attached hydrogen (secondary N) is 1. The summed E-state index contributed by atoms with van der Waals surface area (Å²) in [4.78, 5) is 30.5. The predicted octanol–water partition coefficient (Wildman–Crippen LogP) is 2.74. The van der Waals surface area contributed by atoms with Crippen molar-refractivity contribution in [1.82, 2.24) is 15.1 Å². The maximum Gasteiger partial charge on any atom is 0.309 e. The monoisotopic (exact) mass is 523 g/mol. The number of carbonyl (C=O) groups is 2. The highest BCUT2D eigenvalue weighted by Gasteiger charge is 2.74. The molecule has 1 unspecified atom stereocenters. The van der Waals surface area contributed by atoms with Crippen molar-refractivity contribution in [2.24, 2.45) is 11.8 Å². The van der Waals surface area contributed by atoms with Crippen molar-refractivity contribution in [3.63, 3.8) is 0 Å². The SMILES string of the molecule is CCOC(=O)C1CCN([C@@H]2CC[C@@]3(NC(C)=O)[C@H]4Cc5ccc(O)c6c5[C@@]3(CCN4CC3CC3)C2O6)CC1. The van der Waals surface area contributed by atoms with Gasteiger partial charge in [0.1, 0.15) is 6.10 Å². The Morgan fingerprint density at radius 1 is 1.13 bits per heavy atom. The van der Waals surface area contributed by atoms with Gasteiger partial charge in [0, 0.05) is 31.1 Å². The van der Waals surface area contributed by atoms with Crippen molar-refractivity contribution < 1.29 is 24.2 Å². The standard InChI is InChI=1S/C30H41N3O5/c1-3-37-28(36)20-9-13-32(14-10-20)22-8-11-30(31-18(2)34)24-16-21-6-7-23(35)26-25(21)29(30,27(22)38-26)12-15-33(24)17-19-4-5-19/h6-7,19-20,22,24,27,35H,3-5,8-17H2,1-2H3,(H,31,34)/t22-,24-,27?,29+,30-/m1/s1. The number of phenols is 1. The number of nitrogens with zero attached hydrogens (tertiary/aromatic N) is 2. The second-order valence-electron chi connectivity index (χ2n) is 12.7. The van der Waals surface area contributed by atoms with Crippen molar-refractivity contribution in [2.45, 2.75) is 94.4 Å². The Labute approximate surface area is 225 Å². The molecule has 7 rings (SSSR count). The molecule has 1 aromatic carbocycles. The van der Waals surface area contributed by atoms with Gasteiger partial charge < -0.3 is 19.9 Å². The third-order valence-electron chi connectivity index (χ3n) is 10.8. The van der Waals surface area contributed by atoms with E-state index in [1.54, 1.807) is 13.0 Å². The van der Waals surface area contributed by atoms with E-state index in [-0.39, 0.29) is 47.1 Å². The van der Waals surface area contributed by atoms with Crippen molar-refractivity contribution in [3.8, 4) is 11.5 Å². The van der Waals surface area contributed by atoms with E-state index in [4.69, 9.17) is 9.47 Å². The summed E-state index contributed by atoms with van der Waals surface area (Å²) in [6.45, 7) is 7.72. The number of aromatic hydroxyl groups is 1. The molecule has 0 aromatic heterocycles. The molecule has 1 spiro atoms. The van der Waals surface area contributed by atoms with Crippen LogP contribution in [0.2, 0.25) is 0 Å². The zero-order chi connectivity index (χ0) is 26.2. The van der Waals surface area contributed by atoms with Gasteiger partial charge in [-0.3, -0.25) is 19.4 Å². The summed E-state index contributed by atoms with van der Waals surface area (Å²) < 4.78 is 12.2. The van der Waals surface area contributed by atoms with Crippen molar-refractivity contribution in [1.29, 1.82) is 0 Å². The van der Waals surface area contributed by atoms with E-state index in [2.05, 4.69) is 21.2 Å². The van der Waals surface area contributed by atoms with Crippen LogP contribution in [0.25, 0.3) is 0 Å². The molecule has 0 radical (unpaired) electrons. The lowest BCUT2D eigenvalue weighted by atomic mass is 9.46. The molecule has 2 saturated carbocycles. The molecule has 38 heavy (non-hydrogen) atoms. The van der Waals surface area contributed by atoms with Gasteiger partial charge in [-0.05, 0) is 95.5 Å². The first-order valence-electron chi connectivity index (χ1n) is 14.8. The van der Waals surface area contributed by atoms with Gasteiger partial charge in [-0.2, -0.15) is 0 Å². The molecule has 6 aliphatic rings. The Bertz CT molecular complexity index is 1140. The van der Waals surface area contributed by atoms with Gasteiger partial charge in [-0.15, -0.1) is 0 Å². The molecule has 206 valence electrons. The van der Waals surface area contributed by atoms with Crippen LogP contribution >= 0.6 is 0 Å². The minimum atomic E-state index is -0.414. The smallest absolute Gasteiger partial charge is 0.309 e. The number of benzene rings is 1. The molecule has 1 amide bonds. The highest BCUT2D eigenvalue weighted by atomic mass is 16.5. The molecule has 2 bridgehead atoms. The Kier molecular flexibility index (Phi) is 5.75. The second kappa shape index (κ2) is 8.85. The van der Waals surface area contributed by atoms with E-state index in [0.29, 0.717) is 12.4 Å². The molecule has 3 aliphatic carbocycles. The van der Waals surface area contributed by atoms with Gasteiger partial charge in [-0.1, -0.05) is 6.07 Å². The van der Waals surface area contributed by atoms with Gasteiger partial charge in [0.25, 0.3) is 0 Å². The lowest BCUT2D eigenvalue weighted by Crippen LogP contribution is -2.83. The minimum absolute atomic E-state index is 0.0205. The Morgan fingerprint density at radius 2 is 1.92 bits per heavy atom. The van der Waals surface area contributed by atoms with E-state index in [1.165, 1.54) is 18.4 Å². The highest BCUT2D eigenvalue weighted by Crippen LogP contribution is 2.66. The second-order valence-corrected chi connectivity index (χ2v) is 12.7. The van der Waals surface area contributed by atoms with Gasteiger partial charge in [0.2, 0.25) is 5.91 Å². The molecule has 4 fully saturated rings. The maximum atomic E-state index is 12.9. The Balaban J connectivity index is 1.28. The number of hydrogen-bond acceptors (Lipinski definition) is 7. The molecule has 2 N–H and O–H groups in total. The number of carbonyl (C=O) groups excluding carboxylic acids is 2. The van der Waals surface area contributed by atoms with Crippen molar-refractivity contribution in [2.75, 3.05) is 32.8 Å². The zero-order valence-electron chi connectivity index (χ0n) is 22.7. The zero-order valence-corrected chi connectivity index (χ0v) is 22.7. The Morgan fingerprint density at radius 3 is 2.63 bits per heavy atom. The largest absolute Gasteiger partial charge is 0.504 e. The highest BCUT2D eigenvalue weighted by molar-refractivity contribution is 5.76. The maximum absolute atomic E-state index is 12.9. The van der Waals surface area contributed by atoms with E-state index >= 15 is 0 Å². The normalized spacial score (nSPS) is 36.3. The summed E-state index contributed by atoms with van der Waals surface area (Å²) in [5, 5.41) is 14.6. The van der Waals surface area contributed by atoms with Crippen LogP contribution in [-0.2, 0) is 26.2 Å². The summed E-state index contributed by atoms with van der Waals surface area (Å²) >= 11 is 0. The first-order chi connectivity index (χ1) is 18.4. The van der Waals surface area contributed by atoms with Gasteiger partial charge in [0.15, 0.2) is 11.5 Å². The minimum Gasteiger partial charge on any atom is -0.504 e. The fourth-order valence-corrected chi connectivity index (χ4v) is 9.17. The van der Waals surface area contributed by atoms with Crippen LogP contribution in [0.4, 0.5) is 0 Å². The summed E-state index contributed by atoms with van der Waals surface area (Å²) in [5.74, 6) is 1.55. The van der Waals surface area contributed by atoms with Gasteiger partial charge >= 0.3 is 5.97 Å². The summed E-state index contributed by atoms with van der Waals surface area (Å²) in [5.41, 5.74) is 1.65. The van der Waals surface area contributed by atoms with Gasteiger partial charge in [-0.25, -0.2) is 0 Å². The average molecular weight is 524 g/mol. The van der Waals surface area contributed by atoms with E-state index < -0.39 is 5.54 Å². The third kappa shape index (κ3) is 3.41. The quantitative estimate of drug-likeness (QED) is 0.554. The topological polar surface area (TPSA) is 91.3 Å².